The van der Waals surface area contributed by atoms with E-state index in [0.29, 0.717) is 49.1 Å². The average molecular weight is 523 g/mol. The predicted molar refractivity (Wildman–Crippen MR) is 143 cm³/mol. The quantitative estimate of drug-likeness (QED) is 0.435. The summed E-state index contributed by atoms with van der Waals surface area (Å²) in [5.41, 5.74) is 1.21. The molecule has 2 saturated heterocycles. The highest BCUT2D eigenvalue weighted by atomic mass is 16.5. The minimum Gasteiger partial charge on any atom is -0.481 e. The van der Waals surface area contributed by atoms with E-state index in [9.17, 15) is 14.4 Å². The number of ketones is 3. The fraction of sp³-hybridized carbons (Fsp3) is 0.552. The van der Waals surface area contributed by atoms with Crippen LogP contribution in [0.25, 0.3) is 0 Å². The highest BCUT2D eigenvalue weighted by Gasteiger charge is 2.35. The number of aromatic nitrogens is 2. The maximum atomic E-state index is 13.4. The molecule has 0 spiro atoms. The molecule has 2 atom stereocenters. The van der Waals surface area contributed by atoms with Gasteiger partial charge in [-0.05, 0) is 77.8 Å². The third-order valence-corrected chi connectivity index (χ3v) is 8.18. The van der Waals surface area contributed by atoms with E-state index in [2.05, 4.69) is 19.8 Å². The summed E-state index contributed by atoms with van der Waals surface area (Å²) in [5.74, 6) is 1.27. The zero-order valence-electron chi connectivity index (χ0n) is 22.8. The number of hydrogen-bond acceptors (Lipinski definition) is 9. The topological polar surface area (TPSA) is 102 Å². The largest absolute Gasteiger partial charge is 0.481 e. The van der Waals surface area contributed by atoms with E-state index in [-0.39, 0.29) is 41.3 Å². The summed E-state index contributed by atoms with van der Waals surface area (Å²) in [5, 5.41) is 0. The number of nitrogens with zero attached hydrogens (tertiary/aromatic N) is 4. The van der Waals surface area contributed by atoms with Crippen LogP contribution in [0.15, 0.2) is 36.7 Å². The van der Waals surface area contributed by atoms with Gasteiger partial charge < -0.3 is 9.47 Å². The molecule has 0 radical (unpaired) electrons. The second-order valence-electron chi connectivity index (χ2n) is 10.3. The Bertz CT molecular complexity index is 1020. The molecule has 0 bridgehead atoms. The van der Waals surface area contributed by atoms with Crippen molar-refractivity contribution in [2.24, 2.45) is 11.8 Å². The number of likely N-dealkylation sites (tertiary alicyclic amines) is 2. The fourth-order valence-electron chi connectivity index (χ4n) is 5.57. The normalized spacial score (nSPS) is 19.5. The Balaban J connectivity index is 1.24. The summed E-state index contributed by atoms with van der Waals surface area (Å²) in [6.45, 7) is 6.80. The van der Waals surface area contributed by atoms with Crippen molar-refractivity contribution >= 4 is 17.3 Å². The molecule has 2 aliphatic rings. The number of carbonyl (C=O) groups excluding carboxylic acids is 3. The lowest BCUT2D eigenvalue weighted by Crippen LogP contribution is -2.53. The highest BCUT2D eigenvalue weighted by Crippen LogP contribution is 2.26. The first-order valence-corrected chi connectivity index (χ1v) is 13.4. The Kier molecular flexibility index (Phi) is 9.22. The van der Waals surface area contributed by atoms with Crippen molar-refractivity contribution in [1.82, 2.24) is 19.8 Å². The van der Waals surface area contributed by atoms with Gasteiger partial charge in [0, 0.05) is 47.5 Å². The van der Waals surface area contributed by atoms with Gasteiger partial charge in [-0.1, -0.05) is 0 Å². The molecular formula is C29H38N4O5. The van der Waals surface area contributed by atoms with Gasteiger partial charge in [0.15, 0.2) is 17.3 Å². The lowest BCUT2D eigenvalue weighted by molar-refractivity contribution is -0.129. The van der Waals surface area contributed by atoms with E-state index >= 15 is 0 Å². The number of ether oxygens (including phenoxy) is 2. The summed E-state index contributed by atoms with van der Waals surface area (Å²) in [7, 11) is 3.10. The molecule has 4 heterocycles. The van der Waals surface area contributed by atoms with E-state index < -0.39 is 0 Å². The van der Waals surface area contributed by atoms with Gasteiger partial charge in [0.1, 0.15) is 0 Å². The Hall–Kier alpha value is -3.17. The van der Waals surface area contributed by atoms with Crippen molar-refractivity contribution in [2.45, 2.75) is 51.6 Å². The molecule has 2 unspecified atom stereocenters. The minimum absolute atomic E-state index is 0.0568. The fourth-order valence-corrected chi connectivity index (χ4v) is 5.57. The van der Waals surface area contributed by atoms with E-state index in [1.807, 2.05) is 13.8 Å². The molecule has 0 saturated carbocycles. The van der Waals surface area contributed by atoms with Crippen LogP contribution in [0.1, 0.15) is 60.2 Å². The molecule has 0 aliphatic carbocycles. The molecule has 2 aliphatic heterocycles. The first kappa shape index (κ1) is 27.9. The summed E-state index contributed by atoms with van der Waals surface area (Å²) >= 11 is 0. The second kappa shape index (κ2) is 12.6. The number of carbonyl (C=O) groups is 3. The van der Waals surface area contributed by atoms with Crippen LogP contribution in [0.2, 0.25) is 0 Å². The Morgan fingerprint density at radius 3 is 1.37 bits per heavy atom. The summed E-state index contributed by atoms with van der Waals surface area (Å²) in [6.07, 6.45) is 6.06. The van der Waals surface area contributed by atoms with Crippen LogP contribution >= 0.6 is 0 Å². The highest BCUT2D eigenvalue weighted by molar-refractivity contribution is 5.98. The van der Waals surface area contributed by atoms with Crippen LogP contribution in [0.4, 0.5) is 0 Å². The summed E-state index contributed by atoms with van der Waals surface area (Å²) in [6, 6.07) is 6.51. The Labute approximate surface area is 224 Å². The number of hydrogen-bond donors (Lipinski definition) is 0. The minimum atomic E-state index is -0.214. The van der Waals surface area contributed by atoms with Gasteiger partial charge in [-0.25, -0.2) is 9.97 Å². The second-order valence-corrected chi connectivity index (χ2v) is 10.3. The predicted octanol–water partition coefficient (Wildman–Crippen LogP) is 3.33. The molecule has 2 aromatic heterocycles. The number of methoxy groups -OCH3 is 2. The van der Waals surface area contributed by atoms with E-state index in [1.165, 1.54) is 0 Å². The van der Waals surface area contributed by atoms with Crippen LogP contribution < -0.4 is 9.47 Å². The van der Waals surface area contributed by atoms with Crippen LogP contribution in [-0.4, -0.2) is 89.6 Å². The van der Waals surface area contributed by atoms with Gasteiger partial charge in [0.05, 0.1) is 26.3 Å². The molecule has 204 valence electrons. The van der Waals surface area contributed by atoms with Gasteiger partial charge in [-0.15, -0.1) is 0 Å². The van der Waals surface area contributed by atoms with Crippen molar-refractivity contribution < 1.29 is 23.9 Å². The number of piperidine rings is 2. The van der Waals surface area contributed by atoms with Crippen LogP contribution in [0.3, 0.4) is 0 Å². The molecule has 0 aromatic carbocycles. The molecule has 9 heteroatoms. The molecule has 0 amide bonds. The van der Waals surface area contributed by atoms with Gasteiger partial charge in [0.2, 0.25) is 11.8 Å². The lowest BCUT2D eigenvalue weighted by atomic mass is 9.87. The summed E-state index contributed by atoms with van der Waals surface area (Å²) in [4.78, 5) is 51.9. The zero-order valence-corrected chi connectivity index (χ0v) is 22.8. The van der Waals surface area contributed by atoms with Crippen molar-refractivity contribution in [3.05, 3.63) is 47.8 Å². The maximum Gasteiger partial charge on any atom is 0.212 e. The molecule has 2 fully saturated rings. The third kappa shape index (κ3) is 6.27. The van der Waals surface area contributed by atoms with Gasteiger partial charge in [0.25, 0.3) is 0 Å². The van der Waals surface area contributed by atoms with Crippen molar-refractivity contribution in [3.8, 4) is 11.8 Å². The van der Waals surface area contributed by atoms with Crippen LogP contribution in [0.5, 0.6) is 11.8 Å². The Morgan fingerprint density at radius 1 is 0.711 bits per heavy atom. The van der Waals surface area contributed by atoms with E-state index in [1.54, 1.807) is 50.9 Å². The van der Waals surface area contributed by atoms with Gasteiger partial charge in [-0.3, -0.25) is 24.2 Å². The van der Waals surface area contributed by atoms with Crippen molar-refractivity contribution in [2.75, 3.05) is 40.4 Å². The molecule has 9 nitrogen and oxygen atoms in total. The SMILES string of the molecule is COc1ccc(C(=O)C2CCN(C(C)C(=O)C(C)N3CCC(C(=O)c4ccc(OC)nc4)CC3)CC2)cn1. The van der Waals surface area contributed by atoms with Gasteiger partial charge in [-0.2, -0.15) is 0 Å². The van der Waals surface area contributed by atoms with Crippen LogP contribution in [0, 0.1) is 11.8 Å². The Morgan fingerprint density at radius 2 is 1.08 bits per heavy atom. The summed E-state index contributed by atoms with van der Waals surface area (Å²) < 4.78 is 10.2. The van der Waals surface area contributed by atoms with Crippen LogP contribution in [-0.2, 0) is 4.79 Å². The molecule has 2 aromatic rings. The van der Waals surface area contributed by atoms with Crippen molar-refractivity contribution in [3.63, 3.8) is 0 Å². The number of Topliss-reactive ketones (excluding diaryl/α,β-unsaturated/α-hetero) is 3. The molecule has 0 N–H and O–H groups in total. The number of pyridine rings is 2. The maximum absolute atomic E-state index is 13.4. The van der Waals surface area contributed by atoms with E-state index in [0.717, 1.165) is 25.7 Å². The molecule has 4 rings (SSSR count). The van der Waals surface area contributed by atoms with Crippen molar-refractivity contribution in [1.29, 1.82) is 0 Å². The smallest absolute Gasteiger partial charge is 0.212 e. The molecular weight excluding hydrogens is 484 g/mol. The first-order valence-electron chi connectivity index (χ1n) is 13.4. The van der Waals surface area contributed by atoms with E-state index in [4.69, 9.17) is 9.47 Å². The molecule has 38 heavy (non-hydrogen) atoms. The van der Waals surface area contributed by atoms with Gasteiger partial charge >= 0.3 is 0 Å². The number of rotatable bonds is 10. The zero-order chi connectivity index (χ0) is 27.2. The monoisotopic (exact) mass is 522 g/mol. The third-order valence-electron chi connectivity index (χ3n) is 8.18. The standard InChI is InChI=1S/C29H38N4O5/c1-19(32-13-9-21(10-14-32)28(35)23-5-7-25(37-3)30-17-23)27(34)20(2)33-15-11-22(12-16-33)29(36)24-6-8-26(38-4)31-18-24/h5-8,17-22H,9-16H2,1-4H3. The lowest BCUT2D eigenvalue weighted by Gasteiger charge is -2.39. The average Bonchev–Trinajstić information content (AvgIpc) is 2.99. The first-order chi connectivity index (χ1) is 18.3.